The number of hydrogen-bond acceptors (Lipinski definition) is 3. The lowest BCUT2D eigenvalue weighted by molar-refractivity contribution is -0.902. The predicted octanol–water partition coefficient (Wildman–Crippen LogP) is 3.16. The molecule has 134 valence electrons. The summed E-state index contributed by atoms with van der Waals surface area (Å²) in [5.74, 6) is -0.442. The summed E-state index contributed by atoms with van der Waals surface area (Å²) in [5.41, 5.74) is 6.77. The number of ether oxygens (including phenoxy) is 1. The molecule has 0 heterocycles. The Labute approximate surface area is 141 Å². The lowest BCUT2D eigenvalue weighted by Gasteiger charge is -2.25. The molecule has 1 atom stereocenters. The van der Waals surface area contributed by atoms with Crippen LogP contribution < -0.4 is 5.73 Å². The highest BCUT2D eigenvalue weighted by Gasteiger charge is 2.18. The second-order valence-corrected chi connectivity index (χ2v) is 5.24. The van der Waals surface area contributed by atoms with Gasteiger partial charge in [0.05, 0.1) is 14.1 Å². The van der Waals surface area contributed by atoms with Crippen molar-refractivity contribution in [3.05, 3.63) is 35.9 Å². The van der Waals surface area contributed by atoms with Crippen LogP contribution in [0.15, 0.2) is 30.3 Å². The number of esters is 1. The fraction of sp³-hybridized carbons (Fsp3) is 0.611. The quantitative estimate of drug-likeness (QED) is 0.475. The van der Waals surface area contributed by atoms with E-state index < -0.39 is 18.8 Å². The van der Waals surface area contributed by atoms with Gasteiger partial charge in [-0.25, -0.2) is 0 Å². The SMILES string of the molecule is CC.CC.C[N+](C)(CF)CCOC(=O)C(N)Cc1ccccc1. The van der Waals surface area contributed by atoms with Crippen LogP contribution in [0.2, 0.25) is 0 Å². The maximum absolute atomic E-state index is 12.5. The average molecular weight is 329 g/mol. The summed E-state index contributed by atoms with van der Waals surface area (Å²) >= 11 is 0. The first kappa shape index (κ1) is 23.8. The molecule has 1 unspecified atom stereocenters. The van der Waals surface area contributed by atoms with Crippen LogP contribution in [0.5, 0.6) is 0 Å². The third-order valence-electron chi connectivity index (χ3n) is 2.87. The van der Waals surface area contributed by atoms with Crippen molar-refractivity contribution in [1.29, 1.82) is 0 Å². The van der Waals surface area contributed by atoms with Crippen LogP contribution in [-0.4, -0.2) is 50.5 Å². The molecule has 1 aromatic rings. The van der Waals surface area contributed by atoms with Crippen LogP contribution in [0, 0.1) is 0 Å². The van der Waals surface area contributed by atoms with Crippen molar-refractivity contribution in [3.8, 4) is 0 Å². The van der Waals surface area contributed by atoms with Gasteiger partial charge in [0, 0.05) is 0 Å². The summed E-state index contributed by atoms with van der Waals surface area (Å²) in [6.07, 6.45) is 0.445. The molecule has 5 heteroatoms. The fourth-order valence-electron chi connectivity index (χ4n) is 1.51. The molecule has 2 N–H and O–H groups in total. The molecule has 0 radical (unpaired) electrons. The minimum atomic E-state index is -0.677. The molecule has 0 aliphatic rings. The molecule has 0 fully saturated rings. The van der Waals surface area contributed by atoms with E-state index in [2.05, 4.69) is 0 Å². The van der Waals surface area contributed by atoms with E-state index in [4.69, 9.17) is 10.5 Å². The molecule has 0 bridgehead atoms. The molecule has 0 aliphatic carbocycles. The van der Waals surface area contributed by atoms with Gasteiger partial charge in [-0.1, -0.05) is 58.0 Å². The Kier molecular flexibility index (Phi) is 14.6. The first-order valence-corrected chi connectivity index (χ1v) is 8.29. The molecular weight excluding hydrogens is 295 g/mol. The monoisotopic (exact) mass is 329 g/mol. The van der Waals surface area contributed by atoms with Crippen molar-refractivity contribution in [1.82, 2.24) is 0 Å². The van der Waals surface area contributed by atoms with Crippen LogP contribution >= 0.6 is 0 Å². The summed E-state index contributed by atoms with van der Waals surface area (Å²) in [6, 6.07) is 8.85. The number of halogens is 1. The molecule has 1 rings (SSSR count). The number of carbonyl (C=O) groups is 1. The fourth-order valence-corrected chi connectivity index (χ4v) is 1.51. The Balaban J connectivity index is 0. The van der Waals surface area contributed by atoms with Gasteiger partial charge in [-0.05, 0) is 12.0 Å². The van der Waals surface area contributed by atoms with E-state index >= 15 is 0 Å². The van der Waals surface area contributed by atoms with Gasteiger partial charge < -0.3 is 10.5 Å². The minimum absolute atomic E-state index is 0.168. The first-order valence-electron chi connectivity index (χ1n) is 8.29. The van der Waals surface area contributed by atoms with Crippen LogP contribution in [0.3, 0.4) is 0 Å². The number of likely N-dealkylation sites (N-methyl/N-ethyl adjacent to an activating group) is 1. The maximum atomic E-state index is 12.5. The number of hydrogen-bond donors (Lipinski definition) is 1. The molecular formula is C18H34FN2O2+. The molecule has 0 aromatic heterocycles. The third kappa shape index (κ3) is 11.7. The second-order valence-electron chi connectivity index (χ2n) is 5.24. The lowest BCUT2D eigenvalue weighted by atomic mass is 10.1. The molecule has 0 spiro atoms. The van der Waals surface area contributed by atoms with Crippen LogP contribution in [0.25, 0.3) is 0 Å². The second kappa shape index (κ2) is 14.2. The standard InChI is InChI=1S/C14H22FN2O2.2C2H6/c1-17(2,11-15)8-9-19-14(18)13(16)10-12-6-4-3-5-7-12;2*1-2/h3-7,13H,8-11,16H2,1-2H3;2*1-2H3/q+1;;. The van der Waals surface area contributed by atoms with Gasteiger partial charge in [0.1, 0.15) is 19.2 Å². The normalized spacial score (nSPS) is 11.3. The highest BCUT2D eigenvalue weighted by Crippen LogP contribution is 2.03. The number of nitrogens with two attached hydrogens (primary N) is 1. The highest BCUT2D eigenvalue weighted by molar-refractivity contribution is 5.75. The molecule has 0 aliphatic heterocycles. The van der Waals surface area contributed by atoms with Gasteiger partial charge in [0.2, 0.25) is 6.80 Å². The van der Waals surface area contributed by atoms with Crippen LogP contribution in [0.1, 0.15) is 33.3 Å². The van der Waals surface area contributed by atoms with E-state index in [9.17, 15) is 9.18 Å². The largest absolute Gasteiger partial charge is 0.459 e. The zero-order valence-corrected chi connectivity index (χ0v) is 15.5. The Morgan fingerprint density at radius 2 is 1.70 bits per heavy atom. The van der Waals surface area contributed by atoms with Crippen LogP contribution in [-0.2, 0) is 16.0 Å². The molecule has 1 aromatic carbocycles. The van der Waals surface area contributed by atoms with Crippen LogP contribution in [0.4, 0.5) is 4.39 Å². The average Bonchev–Trinajstić information content (AvgIpc) is 2.59. The summed E-state index contributed by atoms with van der Waals surface area (Å²) in [6.45, 7) is 8.12. The maximum Gasteiger partial charge on any atom is 0.323 e. The summed E-state index contributed by atoms with van der Waals surface area (Å²) in [7, 11) is 3.47. The highest BCUT2D eigenvalue weighted by atomic mass is 19.1. The number of alkyl halides is 1. The van der Waals surface area contributed by atoms with E-state index in [1.54, 1.807) is 14.1 Å². The molecule has 0 saturated heterocycles. The number of benzene rings is 1. The smallest absolute Gasteiger partial charge is 0.323 e. The predicted molar refractivity (Wildman–Crippen MR) is 94.7 cm³/mol. The lowest BCUT2D eigenvalue weighted by Crippen LogP contribution is -2.43. The van der Waals surface area contributed by atoms with E-state index in [-0.39, 0.29) is 11.1 Å². The first-order chi connectivity index (χ1) is 10.9. The third-order valence-corrected chi connectivity index (χ3v) is 2.87. The topological polar surface area (TPSA) is 52.3 Å². The van der Waals surface area contributed by atoms with Crippen molar-refractivity contribution >= 4 is 5.97 Å². The van der Waals surface area contributed by atoms with Gasteiger partial charge >= 0.3 is 5.97 Å². The summed E-state index contributed by atoms with van der Waals surface area (Å²) < 4.78 is 17.8. The Bertz CT molecular complexity index is 397. The zero-order chi connectivity index (χ0) is 18.3. The van der Waals surface area contributed by atoms with Gasteiger partial charge in [-0.15, -0.1) is 0 Å². The Hall–Kier alpha value is -1.46. The van der Waals surface area contributed by atoms with Gasteiger partial charge in [0.25, 0.3) is 0 Å². The number of rotatable bonds is 7. The Morgan fingerprint density at radius 1 is 1.17 bits per heavy atom. The van der Waals surface area contributed by atoms with Crippen molar-refractivity contribution < 1.29 is 18.4 Å². The zero-order valence-electron chi connectivity index (χ0n) is 15.5. The number of nitrogens with zero attached hydrogens (tertiary/aromatic N) is 1. The van der Waals surface area contributed by atoms with E-state index in [0.717, 1.165) is 5.56 Å². The van der Waals surface area contributed by atoms with Crippen molar-refractivity contribution in [3.63, 3.8) is 0 Å². The molecule has 0 saturated carbocycles. The van der Waals surface area contributed by atoms with E-state index in [1.807, 2.05) is 58.0 Å². The van der Waals surface area contributed by atoms with Gasteiger partial charge in [-0.3, -0.25) is 9.28 Å². The molecule has 4 nitrogen and oxygen atoms in total. The van der Waals surface area contributed by atoms with Crippen molar-refractivity contribution in [2.45, 2.75) is 40.2 Å². The number of quaternary nitrogens is 1. The van der Waals surface area contributed by atoms with Gasteiger partial charge in [0.15, 0.2) is 0 Å². The minimum Gasteiger partial charge on any atom is -0.459 e. The van der Waals surface area contributed by atoms with Crippen molar-refractivity contribution in [2.24, 2.45) is 5.73 Å². The summed E-state index contributed by atoms with van der Waals surface area (Å²) in [5, 5.41) is 0. The summed E-state index contributed by atoms with van der Waals surface area (Å²) in [4.78, 5) is 11.7. The van der Waals surface area contributed by atoms with E-state index in [1.165, 1.54) is 0 Å². The van der Waals surface area contributed by atoms with Crippen molar-refractivity contribution in [2.75, 3.05) is 34.0 Å². The number of carbonyl (C=O) groups excluding carboxylic acids is 1. The molecule has 23 heavy (non-hydrogen) atoms. The van der Waals surface area contributed by atoms with Gasteiger partial charge in [-0.2, -0.15) is 4.39 Å². The molecule has 0 amide bonds. The Morgan fingerprint density at radius 3 is 2.17 bits per heavy atom. The van der Waals surface area contributed by atoms with E-state index in [0.29, 0.717) is 13.0 Å².